The zero-order valence-corrected chi connectivity index (χ0v) is 15.8. The number of sulfonamides is 1. The summed E-state index contributed by atoms with van der Waals surface area (Å²) in [6.07, 6.45) is 0.198. The summed E-state index contributed by atoms with van der Waals surface area (Å²) in [6.45, 7) is 5.46. The fourth-order valence-corrected chi connectivity index (χ4v) is 3.56. The lowest BCUT2D eigenvalue weighted by Crippen LogP contribution is -2.52. The van der Waals surface area contributed by atoms with E-state index in [-0.39, 0.29) is 11.3 Å². The Labute approximate surface area is 153 Å². The molecule has 2 N–H and O–H groups in total. The molecule has 2 aromatic rings. The van der Waals surface area contributed by atoms with Crippen LogP contribution < -0.4 is 10.0 Å². The van der Waals surface area contributed by atoms with Crippen molar-refractivity contribution in [2.24, 2.45) is 0 Å². The molecule has 0 aromatic heterocycles. The summed E-state index contributed by atoms with van der Waals surface area (Å²) in [5, 5.41) is 2.80. The Hall–Kier alpha value is -2.25. The summed E-state index contributed by atoms with van der Waals surface area (Å²) in [5.74, 6) is -0.956. The molecule has 0 aliphatic rings. The van der Waals surface area contributed by atoms with Gasteiger partial charge < -0.3 is 5.32 Å². The third kappa shape index (κ3) is 5.93. The van der Waals surface area contributed by atoms with Gasteiger partial charge in [-0.2, -0.15) is 4.72 Å². The fourth-order valence-electron chi connectivity index (χ4n) is 2.36. The minimum absolute atomic E-state index is 0.0967. The van der Waals surface area contributed by atoms with Crippen LogP contribution in [0.5, 0.6) is 0 Å². The second kappa shape index (κ2) is 7.97. The van der Waals surface area contributed by atoms with Gasteiger partial charge in [-0.1, -0.05) is 30.3 Å². The molecule has 0 heterocycles. The molecular formula is C19H23FN2O3S. The number of benzene rings is 2. The first kappa shape index (κ1) is 20.1. The van der Waals surface area contributed by atoms with Gasteiger partial charge in [-0.3, -0.25) is 4.79 Å². The normalized spacial score (nSPS) is 13.2. The lowest BCUT2D eigenvalue weighted by molar-refractivity contribution is -0.124. The van der Waals surface area contributed by atoms with Gasteiger partial charge in [0.05, 0.1) is 4.90 Å². The molecule has 0 fully saturated rings. The largest absolute Gasteiger partial charge is 0.350 e. The molecule has 0 aliphatic carbocycles. The maximum atomic E-state index is 13.1. The Morgan fingerprint density at radius 2 is 1.62 bits per heavy atom. The van der Waals surface area contributed by atoms with Crippen LogP contribution in [0.2, 0.25) is 0 Å². The van der Waals surface area contributed by atoms with E-state index in [1.807, 2.05) is 51.1 Å². The molecule has 5 nitrogen and oxygen atoms in total. The fraction of sp³-hybridized carbons (Fsp3) is 0.316. The average molecular weight is 378 g/mol. The van der Waals surface area contributed by atoms with Crippen molar-refractivity contribution < 1.29 is 17.6 Å². The number of rotatable bonds is 6. The highest BCUT2D eigenvalue weighted by atomic mass is 32.2. The van der Waals surface area contributed by atoms with Gasteiger partial charge in [-0.05, 0) is 57.0 Å². The van der Waals surface area contributed by atoms with Crippen molar-refractivity contribution in [3.63, 3.8) is 0 Å². The monoisotopic (exact) mass is 378 g/mol. The minimum atomic E-state index is -3.97. The quantitative estimate of drug-likeness (QED) is 0.811. The summed E-state index contributed by atoms with van der Waals surface area (Å²) in [6, 6.07) is 12.6. The summed E-state index contributed by atoms with van der Waals surface area (Å²) in [4.78, 5) is 12.5. The maximum Gasteiger partial charge on any atom is 0.241 e. The van der Waals surface area contributed by atoms with Gasteiger partial charge in [-0.15, -0.1) is 0 Å². The predicted octanol–water partition coefficient (Wildman–Crippen LogP) is 2.63. The second-order valence-electron chi connectivity index (χ2n) is 7.06. The minimum Gasteiger partial charge on any atom is -0.350 e. The van der Waals surface area contributed by atoms with Crippen molar-refractivity contribution in [1.82, 2.24) is 10.0 Å². The molecule has 2 aromatic carbocycles. The Kier molecular flexibility index (Phi) is 6.15. The molecule has 0 spiro atoms. The smallest absolute Gasteiger partial charge is 0.241 e. The van der Waals surface area contributed by atoms with Crippen LogP contribution in [0.4, 0.5) is 4.39 Å². The van der Waals surface area contributed by atoms with Gasteiger partial charge in [-0.25, -0.2) is 12.8 Å². The number of halogens is 1. The molecule has 0 bridgehead atoms. The van der Waals surface area contributed by atoms with Crippen molar-refractivity contribution >= 4 is 15.9 Å². The van der Waals surface area contributed by atoms with Crippen molar-refractivity contribution in [3.8, 4) is 0 Å². The third-order valence-corrected chi connectivity index (χ3v) is 5.01. The lowest BCUT2D eigenvalue weighted by Gasteiger charge is -2.25. The second-order valence-corrected chi connectivity index (χ2v) is 8.77. The standard InChI is InChI=1S/C19H23FN2O3S/c1-19(2,3)21-18(23)17(13-14-7-5-4-6-8-14)22-26(24,25)16-11-9-15(20)10-12-16/h4-12,17,22H,13H2,1-3H3,(H,21,23)/t17-/m1/s1. The molecule has 0 aliphatic heterocycles. The van der Waals surface area contributed by atoms with Gasteiger partial charge in [0.1, 0.15) is 11.9 Å². The van der Waals surface area contributed by atoms with Crippen LogP contribution in [0.15, 0.2) is 59.5 Å². The van der Waals surface area contributed by atoms with E-state index in [1.54, 1.807) is 0 Å². The number of amides is 1. The van der Waals surface area contributed by atoms with E-state index < -0.39 is 33.3 Å². The van der Waals surface area contributed by atoms with Crippen LogP contribution >= 0.6 is 0 Å². The number of hydrogen-bond donors (Lipinski definition) is 2. The summed E-state index contributed by atoms with van der Waals surface area (Å²) >= 11 is 0. The van der Waals surface area contributed by atoms with Gasteiger partial charge in [0, 0.05) is 5.54 Å². The molecule has 140 valence electrons. The van der Waals surface area contributed by atoms with E-state index in [0.717, 1.165) is 17.7 Å². The highest BCUT2D eigenvalue weighted by molar-refractivity contribution is 7.89. The van der Waals surface area contributed by atoms with Gasteiger partial charge in [0.2, 0.25) is 15.9 Å². The highest BCUT2D eigenvalue weighted by Gasteiger charge is 2.28. The van der Waals surface area contributed by atoms with E-state index in [2.05, 4.69) is 10.0 Å². The van der Waals surface area contributed by atoms with Gasteiger partial charge >= 0.3 is 0 Å². The van der Waals surface area contributed by atoms with E-state index in [1.165, 1.54) is 12.1 Å². The van der Waals surface area contributed by atoms with E-state index in [9.17, 15) is 17.6 Å². The Morgan fingerprint density at radius 1 is 1.04 bits per heavy atom. The molecule has 1 atom stereocenters. The molecule has 26 heavy (non-hydrogen) atoms. The zero-order valence-electron chi connectivity index (χ0n) is 15.0. The molecule has 0 saturated carbocycles. The molecule has 7 heteroatoms. The van der Waals surface area contributed by atoms with Crippen LogP contribution in [-0.2, 0) is 21.2 Å². The summed E-state index contributed by atoms with van der Waals surface area (Å²) in [5.41, 5.74) is 0.316. The van der Waals surface area contributed by atoms with Crippen molar-refractivity contribution in [3.05, 3.63) is 66.0 Å². The molecule has 0 saturated heterocycles. The molecule has 2 rings (SSSR count). The molecule has 0 radical (unpaired) electrons. The van der Waals surface area contributed by atoms with Gasteiger partial charge in [0.25, 0.3) is 0 Å². The number of hydrogen-bond acceptors (Lipinski definition) is 3. The average Bonchev–Trinajstić information content (AvgIpc) is 2.54. The Balaban J connectivity index is 2.27. The van der Waals surface area contributed by atoms with Crippen LogP contribution in [0.25, 0.3) is 0 Å². The lowest BCUT2D eigenvalue weighted by atomic mass is 10.0. The molecular weight excluding hydrogens is 355 g/mol. The number of carbonyl (C=O) groups excluding carboxylic acids is 1. The third-order valence-electron chi connectivity index (χ3n) is 3.52. The van der Waals surface area contributed by atoms with Crippen LogP contribution in [0, 0.1) is 5.82 Å². The number of carbonyl (C=O) groups is 1. The highest BCUT2D eigenvalue weighted by Crippen LogP contribution is 2.13. The summed E-state index contributed by atoms with van der Waals surface area (Å²) < 4.78 is 40.7. The van der Waals surface area contributed by atoms with Gasteiger partial charge in [0.15, 0.2) is 0 Å². The van der Waals surface area contributed by atoms with Crippen LogP contribution in [-0.4, -0.2) is 25.9 Å². The van der Waals surface area contributed by atoms with Crippen molar-refractivity contribution in [2.45, 2.75) is 43.7 Å². The Bertz CT molecular complexity index is 845. The van der Waals surface area contributed by atoms with Crippen LogP contribution in [0.1, 0.15) is 26.3 Å². The first-order valence-corrected chi connectivity index (χ1v) is 9.69. The van der Waals surface area contributed by atoms with E-state index in [0.29, 0.717) is 0 Å². The molecule has 0 unspecified atom stereocenters. The zero-order chi connectivity index (χ0) is 19.4. The van der Waals surface area contributed by atoms with Crippen molar-refractivity contribution in [1.29, 1.82) is 0 Å². The first-order chi connectivity index (χ1) is 12.1. The SMILES string of the molecule is CC(C)(C)NC(=O)[C@@H](Cc1ccccc1)NS(=O)(=O)c1ccc(F)cc1. The van der Waals surface area contributed by atoms with E-state index >= 15 is 0 Å². The topological polar surface area (TPSA) is 75.3 Å². The van der Waals surface area contributed by atoms with E-state index in [4.69, 9.17) is 0 Å². The van der Waals surface area contributed by atoms with Crippen molar-refractivity contribution in [2.75, 3.05) is 0 Å². The Morgan fingerprint density at radius 3 is 2.15 bits per heavy atom. The summed E-state index contributed by atoms with van der Waals surface area (Å²) in [7, 11) is -3.97. The molecule has 1 amide bonds. The predicted molar refractivity (Wildman–Crippen MR) is 98.6 cm³/mol. The number of nitrogens with one attached hydrogen (secondary N) is 2. The maximum absolute atomic E-state index is 13.1. The first-order valence-electron chi connectivity index (χ1n) is 8.21. The van der Waals surface area contributed by atoms with Crippen LogP contribution in [0.3, 0.4) is 0 Å².